The molecule has 1 saturated heterocycles. The Bertz CT molecular complexity index is 610. The van der Waals surface area contributed by atoms with E-state index in [9.17, 15) is 9.90 Å². The van der Waals surface area contributed by atoms with Gasteiger partial charge in [0.2, 0.25) is 0 Å². The number of nitrogens with zero attached hydrogens (tertiary/aromatic N) is 3. The summed E-state index contributed by atoms with van der Waals surface area (Å²) in [5.74, 6) is 0.0772. The summed E-state index contributed by atoms with van der Waals surface area (Å²) in [5, 5.41) is 13.1. The van der Waals surface area contributed by atoms with Gasteiger partial charge in [0.1, 0.15) is 5.52 Å². The quantitative estimate of drug-likeness (QED) is 0.849. The Balaban J connectivity index is 1.66. The van der Waals surface area contributed by atoms with E-state index >= 15 is 0 Å². The second-order valence-corrected chi connectivity index (χ2v) is 5.23. The van der Waals surface area contributed by atoms with E-state index in [2.05, 4.69) is 15.3 Å². The highest BCUT2D eigenvalue weighted by molar-refractivity contribution is 5.81. The largest absolute Gasteiger partial charge is 0.391 e. The Hall–Kier alpha value is -1.79. The van der Waals surface area contributed by atoms with Gasteiger partial charge in [0.05, 0.1) is 19.0 Å². The van der Waals surface area contributed by atoms with Crippen LogP contribution in [0.5, 0.6) is 0 Å². The number of fused-ring (bicyclic) bond motifs is 1. The van der Waals surface area contributed by atoms with E-state index in [4.69, 9.17) is 0 Å². The van der Waals surface area contributed by atoms with Gasteiger partial charge in [0.25, 0.3) is 0 Å². The van der Waals surface area contributed by atoms with Crippen molar-refractivity contribution in [3.8, 4) is 0 Å². The molecule has 0 spiro atoms. The molecule has 6 nitrogen and oxygen atoms in total. The second-order valence-electron chi connectivity index (χ2n) is 5.23. The molecule has 2 aromatic heterocycles. The number of hydrogen-bond acceptors (Lipinski definition) is 5. The highest BCUT2D eigenvalue weighted by Crippen LogP contribution is 2.13. The average molecular weight is 274 g/mol. The molecule has 1 fully saturated rings. The highest BCUT2D eigenvalue weighted by Gasteiger charge is 2.24. The number of ketones is 1. The molecular weight excluding hydrogens is 256 g/mol. The van der Waals surface area contributed by atoms with E-state index in [1.165, 1.54) is 0 Å². The minimum Gasteiger partial charge on any atom is -0.391 e. The molecule has 0 bridgehead atoms. The van der Waals surface area contributed by atoms with Crippen LogP contribution in [0.25, 0.3) is 11.2 Å². The molecule has 1 aliphatic heterocycles. The first-order chi connectivity index (χ1) is 9.74. The third-order valence-corrected chi connectivity index (χ3v) is 3.72. The minimum atomic E-state index is -0.426. The number of nitrogens with one attached hydrogen (secondary N) is 1. The number of aliphatic hydroxyl groups is 1. The molecule has 6 heteroatoms. The van der Waals surface area contributed by atoms with Crippen LogP contribution in [0.15, 0.2) is 24.7 Å². The first-order valence-electron chi connectivity index (χ1n) is 6.93. The van der Waals surface area contributed by atoms with Crippen molar-refractivity contribution < 1.29 is 9.90 Å². The zero-order valence-electron chi connectivity index (χ0n) is 11.2. The maximum Gasteiger partial charge on any atom is 0.160 e. The molecule has 0 unspecified atom stereocenters. The van der Waals surface area contributed by atoms with Gasteiger partial charge in [-0.15, -0.1) is 0 Å². The minimum absolute atomic E-state index is 0.0772. The lowest BCUT2D eigenvalue weighted by Crippen LogP contribution is -2.46. The normalized spacial score (nSPS) is 23.1. The van der Waals surface area contributed by atoms with E-state index in [0.29, 0.717) is 6.42 Å². The first kappa shape index (κ1) is 13.2. The number of carbonyl (C=O) groups is 1. The van der Waals surface area contributed by atoms with Crippen LogP contribution in [0.2, 0.25) is 0 Å². The number of Topliss-reactive ketones (excluding diaryl/α,β-unsaturated/α-hetero) is 1. The van der Waals surface area contributed by atoms with Gasteiger partial charge in [-0.2, -0.15) is 0 Å². The van der Waals surface area contributed by atoms with Gasteiger partial charge in [-0.25, -0.2) is 9.97 Å². The lowest BCUT2D eigenvalue weighted by Gasteiger charge is -2.28. The summed E-state index contributed by atoms with van der Waals surface area (Å²) in [6, 6.07) is 3.57. The molecule has 1 aliphatic rings. The number of imidazole rings is 1. The van der Waals surface area contributed by atoms with Gasteiger partial charge in [-0.1, -0.05) is 0 Å². The summed E-state index contributed by atoms with van der Waals surface area (Å²) in [6.45, 7) is 1.11. The van der Waals surface area contributed by atoms with Gasteiger partial charge in [-0.05, 0) is 31.5 Å². The summed E-state index contributed by atoms with van der Waals surface area (Å²) in [7, 11) is 0. The van der Waals surface area contributed by atoms with Crippen LogP contribution in [-0.4, -0.2) is 44.1 Å². The van der Waals surface area contributed by atoms with Crippen molar-refractivity contribution in [3.05, 3.63) is 24.7 Å². The van der Waals surface area contributed by atoms with Crippen LogP contribution in [0.1, 0.15) is 19.3 Å². The van der Waals surface area contributed by atoms with Crippen molar-refractivity contribution >= 4 is 16.9 Å². The van der Waals surface area contributed by atoms with Crippen molar-refractivity contribution in [3.63, 3.8) is 0 Å². The van der Waals surface area contributed by atoms with Gasteiger partial charge < -0.3 is 15.0 Å². The number of pyridine rings is 1. The molecule has 2 aromatic rings. The number of hydrogen-bond donors (Lipinski definition) is 2. The SMILES string of the molecule is O=C(C[C@H]1NCCC[C@@H]1O)Cn1cnc2cccnc21. The number of piperidine rings is 1. The summed E-state index contributed by atoms with van der Waals surface area (Å²) in [6.07, 6.45) is 4.97. The smallest absolute Gasteiger partial charge is 0.160 e. The lowest BCUT2D eigenvalue weighted by molar-refractivity contribution is -0.121. The first-order valence-corrected chi connectivity index (χ1v) is 6.93. The number of aliphatic hydroxyl groups excluding tert-OH is 1. The Morgan fingerprint density at radius 1 is 1.50 bits per heavy atom. The van der Waals surface area contributed by atoms with Crippen molar-refractivity contribution in [2.45, 2.75) is 38.0 Å². The summed E-state index contributed by atoms with van der Waals surface area (Å²) in [5.41, 5.74) is 1.51. The van der Waals surface area contributed by atoms with E-state index in [1.54, 1.807) is 17.1 Å². The van der Waals surface area contributed by atoms with Crippen molar-refractivity contribution in [1.82, 2.24) is 19.9 Å². The summed E-state index contributed by atoms with van der Waals surface area (Å²) >= 11 is 0. The predicted molar refractivity (Wildman–Crippen MR) is 74.2 cm³/mol. The van der Waals surface area contributed by atoms with Crippen molar-refractivity contribution in [1.29, 1.82) is 0 Å². The van der Waals surface area contributed by atoms with E-state index in [-0.39, 0.29) is 18.4 Å². The molecule has 3 rings (SSSR count). The molecule has 0 radical (unpaired) electrons. The Morgan fingerprint density at radius 3 is 3.25 bits per heavy atom. The van der Waals surface area contributed by atoms with Gasteiger partial charge in [0.15, 0.2) is 11.4 Å². The highest BCUT2D eigenvalue weighted by atomic mass is 16.3. The van der Waals surface area contributed by atoms with Crippen LogP contribution >= 0.6 is 0 Å². The van der Waals surface area contributed by atoms with Gasteiger partial charge in [0, 0.05) is 18.7 Å². The standard InChI is InChI=1S/C14H18N4O2/c19-10(7-12-13(20)4-2-5-15-12)8-18-9-17-11-3-1-6-16-14(11)18/h1,3,6,9,12-13,15,20H,2,4-5,7-8H2/t12-,13+/m1/s1. The fourth-order valence-electron chi connectivity index (χ4n) is 2.66. The molecular formula is C14H18N4O2. The Morgan fingerprint density at radius 2 is 2.40 bits per heavy atom. The average Bonchev–Trinajstić information content (AvgIpc) is 2.85. The molecule has 0 aliphatic carbocycles. The fourth-order valence-corrected chi connectivity index (χ4v) is 2.66. The van der Waals surface area contributed by atoms with E-state index in [0.717, 1.165) is 30.6 Å². The fraction of sp³-hybridized carbons (Fsp3) is 0.500. The topological polar surface area (TPSA) is 80.0 Å². The van der Waals surface area contributed by atoms with Crippen LogP contribution in [-0.2, 0) is 11.3 Å². The molecule has 2 N–H and O–H groups in total. The molecule has 2 atom stereocenters. The molecule has 0 aromatic carbocycles. The zero-order chi connectivity index (χ0) is 13.9. The van der Waals surface area contributed by atoms with Crippen molar-refractivity contribution in [2.24, 2.45) is 0 Å². The summed E-state index contributed by atoms with van der Waals surface area (Å²) < 4.78 is 1.76. The molecule has 20 heavy (non-hydrogen) atoms. The predicted octanol–water partition coefficient (Wildman–Crippen LogP) is 0.503. The Kier molecular flexibility index (Phi) is 3.75. The third-order valence-electron chi connectivity index (χ3n) is 3.72. The van der Waals surface area contributed by atoms with E-state index in [1.807, 2.05) is 12.1 Å². The Labute approximate surface area is 116 Å². The second kappa shape index (κ2) is 5.68. The van der Waals surface area contributed by atoms with Gasteiger partial charge >= 0.3 is 0 Å². The molecule has 0 saturated carbocycles. The monoisotopic (exact) mass is 274 g/mol. The maximum atomic E-state index is 12.1. The number of carbonyl (C=O) groups excluding carboxylic acids is 1. The third kappa shape index (κ3) is 2.71. The van der Waals surface area contributed by atoms with E-state index < -0.39 is 6.10 Å². The maximum absolute atomic E-state index is 12.1. The molecule has 106 valence electrons. The molecule has 3 heterocycles. The van der Waals surface area contributed by atoms with Crippen molar-refractivity contribution in [2.75, 3.05) is 6.54 Å². The summed E-state index contributed by atoms with van der Waals surface area (Å²) in [4.78, 5) is 20.6. The lowest BCUT2D eigenvalue weighted by atomic mass is 9.97. The van der Waals surface area contributed by atoms with Crippen LogP contribution in [0.4, 0.5) is 0 Å². The van der Waals surface area contributed by atoms with Gasteiger partial charge in [-0.3, -0.25) is 4.79 Å². The molecule has 0 amide bonds. The number of aromatic nitrogens is 3. The van der Waals surface area contributed by atoms with Crippen LogP contribution in [0, 0.1) is 0 Å². The number of rotatable bonds is 4. The van der Waals surface area contributed by atoms with Crippen LogP contribution < -0.4 is 5.32 Å². The zero-order valence-corrected chi connectivity index (χ0v) is 11.2. The van der Waals surface area contributed by atoms with Crippen LogP contribution in [0.3, 0.4) is 0 Å².